The van der Waals surface area contributed by atoms with Gasteiger partial charge in [-0.3, -0.25) is 0 Å². The number of benzene rings is 1. The zero-order valence-corrected chi connectivity index (χ0v) is 11.1. The fraction of sp³-hybridized carbons (Fsp3) is 0.429. The molecule has 4 heteroatoms. The molecule has 0 aliphatic carbocycles. The molecule has 4 nitrogen and oxygen atoms in total. The topological polar surface area (TPSA) is 64.9 Å². The smallest absolute Gasteiger partial charge is 0.228 e. The van der Waals surface area contributed by atoms with Crippen LogP contribution in [0.15, 0.2) is 28.8 Å². The predicted molar refractivity (Wildman–Crippen MR) is 70.3 cm³/mol. The van der Waals surface area contributed by atoms with Crippen molar-refractivity contribution in [3.05, 3.63) is 47.1 Å². The van der Waals surface area contributed by atoms with Gasteiger partial charge in [0.15, 0.2) is 5.82 Å². The summed E-state index contributed by atoms with van der Waals surface area (Å²) in [4.78, 5) is 4.37. The number of aryl methyl sites for hydroxylation is 1. The number of aromatic nitrogens is 2. The lowest BCUT2D eigenvalue weighted by molar-refractivity contribution is 0.345. The van der Waals surface area contributed by atoms with E-state index in [1.807, 2.05) is 26.0 Å². The van der Waals surface area contributed by atoms with Gasteiger partial charge in [-0.15, -0.1) is 0 Å². The molecule has 18 heavy (non-hydrogen) atoms. The van der Waals surface area contributed by atoms with E-state index in [2.05, 4.69) is 29.2 Å². The normalized spacial score (nSPS) is 11.8. The third-order valence-corrected chi connectivity index (χ3v) is 2.73. The van der Waals surface area contributed by atoms with Crippen molar-refractivity contribution < 1.29 is 4.52 Å². The average molecular weight is 245 g/mol. The minimum absolute atomic E-state index is 0.327. The molecule has 0 saturated heterocycles. The standard InChI is InChI=1S/C14H19N3O/c1-10-6-4-5-7-11(10)8-12-16-13(18-17-12)9-14(2,3)15/h4-7H,8-9,15H2,1-3H3. The summed E-state index contributed by atoms with van der Waals surface area (Å²) in [6.07, 6.45) is 1.29. The highest BCUT2D eigenvalue weighted by atomic mass is 16.5. The van der Waals surface area contributed by atoms with Gasteiger partial charge in [-0.2, -0.15) is 4.98 Å². The number of hydrogen-bond acceptors (Lipinski definition) is 4. The maximum atomic E-state index is 5.93. The fourth-order valence-electron chi connectivity index (χ4n) is 1.80. The summed E-state index contributed by atoms with van der Waals surface area (Å²) in [5.74, 6) is 1.31. The Bertz CT molecular complexity index is 526. The Morgan fingerprint density at radius 1 is 1.28 bits per heavy atom. The van der Waals surface area contributed by atoms with E-state index in [0.29, 0.717) is 24.6 Å². The van der Waals surface area contributed by atoms with Crippen LogP contribution in [-0.2, 0) is 12.8 Å². The van der Waals surface area contributed by atoms with Gasteiger partial charge in [-0.25, -0.2) is 0 Å². The first-order valence-corrected chi connectivity index (χ1v) is 6.09. The van der Waals surface area contributed by atoms with Crippen molar-refractivity contribution in [2.75, 3.05) is 0 Å². The first-order valence-electron chi connectivity index (χ1n) is 6.09. The van der Waals surface area contributed by atoms with Gasteiger partial charge < -0.3 is 10.3 Å². The quantitative estimate of drug-likeness (QED) is 0.897. The van der Waals surface area contributed by atoms with Gasteiger partial charge in [0.05, 0.1) is 0 Å². The molecule has 0 atom stereocenters. The molecule has 1 aromatic carbocycles. The predicted octanol–water partition coefficient (Wildman–Crippen LogP) is 2.25. The van der Waals surface area contributed by atoms with Crippen molar-refractivity contribution in [3.63, 3.8) is 0 Å². The monoisotopic (exact) mass is 245 g/mol. The fourth-order valence-corrected chi connectivity index (χ4v) is 1.80. The summed E-state index contributed by atoms with van der Waals surface area (Å²) in [5.41, 5.74) is 8.06. The van der Waals surface area contributed by atoms with E-state index in [1.54, 1.807) is 0 Å². The van der Waals surface area contributed by atoms with Gasteiger partial charge in [0.25, 0.3) is 0 Å². The molecule has 1 heterocycles. The third kappa shape index (κ3) is 3.40. The SMILES string of the molecule is Cc1ccccc1Cc1noc(CC(C)(C)N)n1. The molecule has 0 unspecified atom stereocenters. The second-order valence-corrected chi connectivity index (χ2v) is 5.37. The van der Waals surface area contributed by atoms with Crippen LogP contribution >= 0.6 is 0 Å². The van der Waals surface area contributed by atoms with Crippen LogP contribution in [0.3, 0.4) is 0 Å². The van der Waals surface area contributed by atoms with Gasteiger partial charge in [0.1, 0.15) is 0 Å². The number of hydrogen-bond donors (Lipinski definition) is 1. The lowest BCUT2D eigenvalue weighted by Gasteiger charge is -2.14. The Morgan fingerprint density at radius 3 is 2.67 bits per heavy atom. The van der Waals surface area contributed by atoms with E-state index in [4.69, 9.17) is 10.3 Å². The Labute approximate surface area is 107 Å². The van der Waals surface area contributed by atoms with Crippen molar-refractivity contribution in [2.45, 2.75) is 39.2 Å². The second kappa shape index (κ2) is 4.90. The molecule has 96 valence electrons. The first kappa shape index (κ1) is 12.8. The minimum Gasteiger partial charge on any atom is -0.339 e. The highest BCUT2D eigenvalue weighted by molar-refractivity contribution is 5.27. The molecule has 0 aliphatic heterocycles. The number of rotatable bonds is 4. The lowest BCUT2D eigenvalue weighted by Crippen LogP contribution is -2.34. The van der Waals surface area contributed by atoms with E-state index >= 15 is 0 Å². The zero-order chi connectivity index (χ0) is 13.2. The Hall–Kier alpha value is -1.68. The number of nitrogens with two attached hydrogens (primary N) is 1. The van der Waals surface area contributed by atoms with Gasteiger partial charge in [0, 0.05) is 18.4 Å². The molecule has 0 bridgehead atoms. The van der Waals surface area contributed by atoms with Crippen LogP contribution in [0.25, 0.3) is 0 Å². The van der Waals surface area contributed by atoms with Crippen LogP contribution in [0.4, 0.5) is 0 Å². The Morgan fingerprint density at radius 2 is 2.00 bits per heavy atom. The summed E-state index contributed by atoms with van der Waals surface area (Å²) >= 11 is 0. The highest BCUT2D eigenvalue weighted by Crippen LogP contribution is 2.13. The molecular weight excluding hydrogens is 226 g/mol. The highest BCUT2D eigenvalue weighted by Gasteiger charge is 2.17. The van der Waals surface area contributed by atoms with Gasteiger partial charge in [-0.1, -0.05) is 29.4 Å². The summed E-state index contributed by atoms with van der Waals surface area (Å²) < 4.78 is 5.21. The maximum absolute atomic E-state index is 5.93. The summed E-state index contributed by atoms with van der Waals surface area (Å²) in [5, 5.41) is 4.00. The Kier molecular flexibility index (Phi) is 3.48. The zero-order valence-electron chi connectivity index (χ0n) is 11.1. The van der Waals surface area contributed by atoms with Crippen molar-refractivity contribution in [3.8, 4) is 0 Å². The second-order valence-electron chi connectivity index (χ2n) is 5.37. The van der Waals surface area contributed by atoms with E-state index < -0.39 is 0 Å². The van der Waals surface area contributed by atoms with Crippen molar-refractivity contribution in [1.29, 1.82) is 0 Å². The molecule has 0 aliphatic rings. The molecule has 0 radical (unpaired) electrons. The van der Waals surface area contributed by atoms with Crippen molar-refractivity contribution in [2.24, 2.45) is 5.73 Å². The average Bonchev–Trinajstić information content (AvgIpc) is 2.66. The molecule has 1 aromatic heterocycles. The van der Waals surface area contributed by atoms with Crippen LogP contribution in [-0.4, -0.2) is 15.7 Å². The van der Waals surface area contributed by atoms with Crippen molar-refractivity contribution >= 4 is 0 Å². The van der Waals surface area contributed by atoms with Crippen LogP contribution in [0.5, 0.6) is 0 Å². The van der Waals surface area contributed by atoms with E-state index in [0.717, 1.165) is 0 Å². The molecular formula is C14H19N3O. The van der Waals surface area contributed by atoms with Crippen LogP contribution < -0.4 is 5.73 Å². The summed E-state index contributed by atoms with van der Waals surface area (Å²) in [7, 11) is 0. The van der Waals surface area contributed by atoms with E-state index in [-0.39, 0.29) is 5.54 Å². The van der Waals surface area contributed by atoms with Crippen LogP contribution in [0.1, 0.15) is 36.7 Å². The molecule has 2 N–H and O–H groups in total. The van der Waals surface area contributed by atoms with E-state index in [9.17, 15) is 0 Å². The summed E-state index contributed by atoms with van der Waals surface area (Å²) in [6.45, 7) is 5.97. The largest absolute Gasteiger partial charge is 0.339 e. The molecule has 2 rings (SSSR count). The van der Waals surface area contributed by atoms with Gasteiger partial charge in [0.2, 0.25) is 5.89 Å². The molecule has 0 spiro atoms. The minimum atomic E-state index is -0.327. The molecule has 0 fully saturated rings. The van der Waals surface area contributed by atoms with Gasteiger partial charge in [-0.05, 0) is 31.9 Å². The van der Waals surface area contributed by atoms with Crippen LogP contribution in [0, 0.1) is 6.92 Å². The number of nitrogens with zero attached hydrogens (tertiary/aromatic N) is 2. The van der Waals surface area contributed by atoms with E-state index in [1.165, 1.54) is 11.1 Å². The van der Waals surface area contributed by atoms with Gasteiger partial charge >= 0.3 is 0 Å². The lowest BCUT2D eigenvalue weighted by atomic mass is 10.0. The maximum Gasteiger partial charge on any atom is 0.228 e. The molecule has 2 aromatic rings. The van der Waals surface area contributed by atoms with Crippen molar-refractivity contribution in [1.82, 2.24) is 10.1 Å². The third-order valence-electron chi connectivity index (χ3n) is 2.73. The Balaban J connectivity index is 2.10. The first-order chi connectivity index (χ1) is 8.44. The molecule has 0 saturated carbocycles. The van der Waals surface area contributed by atoms with Crippen LogP contribution in [0.2, 0.25) is 0 Å². The summed E-state index contributed by atoms with van der Waals surface area (Å²) in [6, 6.07) is 8.21. The molecule has 0 amide bonds.